The van der Waals surface area contributed by atoms with Crippen molar-refractivity contribution in [3.63, 3.8) is 0 Å². The zero-order chi connectivity index (χ0) is 24.4. The first-order valence-electron chi connectivity index (χ1n) is 10.4. The van der Waals surface area contributed by atoms with Gasteiger partial charge in [-0.05, 0) is 83.9 Å². The molecule has 0 unspecified atom stereocenters. The molecule has 2 heterocycles. The molecule has 4 rings (SSSR count). The molecule has 34 heavy (non-hydrogen) atoms. The number of amidine groups is 2. The molecule has 0 saturated carbocycles. The molecule has 0 spiro atoms. The fourth-order valence-corrected chi connectivity index (χ4v) is 4.78. The number of nitrogens with one attached hydrogen (secondary N) is 1. The Morgan fingerprint density at radius 3 is 2.62 bits per heavy atom. The summed E-state index contributed by atoms with van der Waals surface area (Å²) in [5, 5.41) is 15.1. The standard InChI is InChI=1S/C24H23BrN4O4S/c1-13-5-6-19(14(2)9-13)32-7-8-33-21-18(25)11-16(12-20(21)31-4)10-17-22(26)29-24(27-23(17)30)34-15(3)28-29/h5-6,9-12,26H,7-8H2,1-4H3. The van der Waals surface area contributed by atoms with Crippen LogP contribution in [-0.4, -0.2) is 47.3 Å². The SMILES string of the molecule is COc1cc(C=C2C(=N)N3N=C(C)SC3=NC2=O)cc(Br)c1OCCOc1ccc(C)cc1C. The third-order valence-corrected chi connectivity index (χ3v) is 6.45. The predicted octanol–water partition coefficient (Wildman–Crippen LogP) is 5.17. The number of carbonyl (C=O) groups excluding carboxylic acids is 1. The highest BCUT2D eigenvalue weighted by Crippen LogP contribution is 2.38. The molecule has 2 aliphatic heterocycles. The monoisotopic (exact) mass is 542 g/mol. The number of hydrazone groups is 1. The fourth-order valence-electron chi connectivity index (χ4n) is 3.47. The van der Waals surface area contributed by atoms with E-state index in [9.17, 15) is 4.79 Å². The summed E-state index contributed by atoms with van der Waals surface area (Å²) in [6.45, 7) is 6.54. The highest BCUT2D eigenvalue weighted by atomic mass is 79.9. The van der Waals surface area contributed by atoms with Crippen molar-refractivity contribution >= 4 is 55.7 Å². The minimum absolute atomic E-state index is 0.0155. The van der Waals surface area contributed by atoms with Crippen molar-refractivity contribution in [1.82, 2.24) is 5.01 Å². The van der Waals surface area contributed by atoms with Gasteiger partial charge in [-0.25, -0.2) is 0 Å². The Bertz CT molecular complexity index is 1270. The average molecular weight is 543 g/mol. The maximum Gasteiger partial charge on any atom is 0.283 e. The van der Waals surface area contributed by atoms with Crippen LogP contribution in [0.4, 0.5) is 0 Å². The van der Waals surface area contributed by atoms with E-state index in [1.165, 1.54) is 22.3 Å². The summed E-state index contributed by atoms with van der Waals surface area (Å²) >= 11 is 4.79. The summed E-state index contributed by atoms with van der Waals surface area (Å²) in [4.78, 5) is 16.6. The van der Waals surface area contributed by atoms with Crippen molar-refractivity contribution in [2.75, 3.05) is 20.3 Å². The van der Waals surface area contributed by atoms with Gasteiger partial charge in [0.15, 0.2) is 17.3 Å². The fraction of sp³-hybridized carbons (Fsp3) is 0.250. The van der Waals surface area contributed by atoms with Crippen LogP contribution in [0.15, 0.2) is 50.5 Å². The summed E-state index contributed by atoms with van der Waals surface area (Å²) in [6.07, 6.45) is 1.60. The number of carbonyl (C=O) groups is 1. The molecule has 0 bridgehead atoms. The van der Waals surface area contributed by atoms with Crippen LogP contribution >= 0.6 is 27.7 Å². The van der Waals surface area contributed by atoms with Crippen molar-refractivity contribution in [1.29, 1.82) is 5.41 Å². The first kappa shape index (κ1) is 24.0. The third kappa shape index (κ3) is 5.02. The lowest BCUT2D eigenvalue weighted by molar-refractivity contribution is -0.114. The summed E-state index contributed by atoms with van der Waals surface area (Å²) in [7, 11) is 1.54. The first-order chi connectivity index (χ1) is 16.3. The van der Waals surface area contributed by atoms with Crippen molar-refractivity contribution in [2.45, 2.75) is 20.8 Å². The molecular formula is C24H23BrN4O4S. The largest absolute Gasteiger partial charge is 0.493 e. The number of hydrogen-bond acceptors (Lipinski definition) is 7. The number of nitrogens with zero attached hydrogens (tertiary/aromatic N) is 3. The maximum absolute atomic E-state index is 12.5. The molecule has 0 atom stereocenters. The van der Waals surface area contributed by atoms with Gasteiger partial charge in [-0.1, -0.05) is 17.7 Å². The highest BCUT2D eigenvalue weighted by molar-refractivity contribution is 9.10. The molecule has 176 valence electrons. The lowest BCUT2D eigenvalue weighted by atomic mass is 10.1. The third-order valence-electron chi connectivity index (χ3n) is 5.04. The number of aryl methyl sites for hydroxylation is 2. The molecule has 2 aromatic rings. The van der Waals surface area contributed by atoms with Gasteiger partial charge >= 0.3 is 0 Å². The predicted molar refractivity (Wildman–Crippen MR) is 138 cm³/mol. The highest BCUT2D eigenvalue weighted by Gasteiger charge is 2.34. The van der Waals surface area contributed by atoms with Crippen LogP contribution in [0, 0.1) is 19.3 Å². The topological polar surface area (TPSA) is 96.6 Å². The number of methoxy groups -OCH3 is 1. The second-order valence-corrected chi connectivity index (χ2v) is 9.65. The number of fused-ring (bicyclic) bond motifs is 1. The molecule has 10 heteroatoms. The van der Waals surface area contributed by atoms with E-state index in [0.29, 0.717) is 39.9 Å². The minimum Gasteiger partial charge on any atom is -0.493 e. The summed E-state index contributed by atoms with van der Waals surface area (Å²) in [5.74, 6) is 1.34. The van der Waals surface area contributed by atoms with Crippen molar-refractivity contribution in [3.05, 3.63) is 57.1 Å². The van der Waals surface area contributed by atoms with Crippen molar-refractivity contribution < 1.29 is 19.0 Å². The van der Waals surface area contributed by atoms with Gasteiger partial charge in [-0.15, -0.1) is 0 Å². The smallest absolute Gasteiger partial charge is 0.283 e. The van der Waals surface area contributed by atoms with E-state index in [2.05, 4.69) is 32.1 Å². The van der Waals surface area contributed by atoms with Crippen LogP contribution in [-0.2, 0) is 4.79 Å². The number of ether oxygens (including phenoxy) is 3. The molecule has 2 aliphatic rings. The molecule has 2 aromatic carbocycles. The van der Waals surface area contributed by atoms with E-state index in [-0.39, 0.29) is 11.4 Å². The summed E-state index contributed by atoms with van der Waals surface area (Å²) in [5.41, 5.74) is 3.06. The number of hydrogen-bond donors (Lipinski definition) is 1. The van der Waals surface area contributed by atoms with E-state index in [1.54, 1.807) is 32.2 Å². The van der Waals surface area contributed by atoms with Crippen molar-refractivity contribution in [3.8, 4) is 17.2 Å². The Morgan fingerprint density at radius 2 is 1.88 bits per heavy atom. The van der Waals surface area contributed by atoms with Crippen LogP contribution in [0.2, 0.25) is 0 Å². The number of thioether (sulfide) groups is 1. The van der Waals surface area contributed by atoms with E-state index in [1.807, 2.05) is 26.0 Å². The number of rotatable bonds is 7. The Hall–Kier alpha value is -3.11. The Morgan fingerprint density at radius 1 is 1.12 bits per heavy atom. The van der Waals surface area contributed by atoms with E-state index in [0.717, 1.165) is 16.4 Å². The zero-order valence-corrected chi connectivity index (χ0v) is 21.5. The second-order valence-electron chi connectivity index (χ2n) is 7.64. The molecule has 0 radical (unpaired) electrons. The van der Waals surface area contributed by atoms with E-state index in [4.69, 9.17) is 19.6 Å². The van der Waals surface area contributed by atoms with Crippen LogP contribution < -0.4 is 14.2 Å². The number of aliphatic imine (C=N–C) groups is 1. The quantitative estimate of drug-likeness (QED) is 0.382. The average Bonchev–Trinajstić information content (AvgIpc) is 3.16. The number of amides is 1. The van der Waals surface area contributed by atoms with Crippen molar-refractivity contribution in [2.24, 2.45) is 10.1 Å². The molecular weight excluding hydrogens is 520 g/mol. The van der Waals surface area contributed by atoms with Gasteiger partial charge in [0.05, 0.1) is 22.2 Å². The van der Waals surface area contributed by atoms with Crippen LogP contribution in [0.5, 0.6) is 17.2 Å². The van der Waals surface area contributed by atoms with Gasteiger partial charge in [0.2, 0.25) is 5.17 Å². The number of halogens is 1. The summed E-state index contributed by atoms with van der Waals surface area (Å²) in [6, 6.07) is 9.57. The molecule has 8 nitrogen and oxygen atoms in total. The lowest BCUT2D eigenvalue weighted by Gasteiger charge is -2.20. The Labute approximate surface area is 210 Å². The maximum atomic E-state index is 12.5. The normalized spacial score (nSPS) is 16.4. The van der Waals surface area contributed by atoms with Gasteiger partial charge < -0.3 is 14.2 Å². The molecule has 1 N–H and O–H groups in total. The van der Waals surface area contributed by atoms with Gasteiger partial charge in [-0.3, -0.25) is 10.2 Å². The minimum atomic E-state index is -0.479. The molecule has 0 saturated heterocycles. The van der Waals surface area contributed by atoms with E-state index >= 15 is 0 Å². The molecule has 0 aliphatic carbocycles. The Kier molecular flexibility index (Phi) is 7.08. The molecule has 0 aromatic heterocycles. The summed E-state index contributed by atoms with van der Waals surface area (Å²) < 4.78 is 17.9. The molecule has 0 fully saturated rings. The lowest BCUT2D eigenvalue weighted by Crippen LogP contribution is -2.35. The van der Waals surface area contributed by atoms with Gasteiger partial charge in [0.25, 0.3) is 5.91 Å². The van der Waals surface area contributed by atoms with Gasteiger partial charge in [-0.2, -0.15) is 15.1 Å². The Balaban J connectivity index is 1.49. The molecule has 1 amide bonds. The van der Waals surface area contributed by atoms with E-state index < -0.39 is 5.91 Å². The van der Waals surface area contributed by atoms with Crippen LogP contribution in [0.3, 0.4) is 0 Å². The second kappa shape index (κ2) is 10.0. The zero-order valence-electron chi connectivity index (χ0n) is 19.1. The van der Waals surface area contributed by atoms with Gasteiger partial charge in [0, 0.05) is 0 Å². The number of benzene rings is 2. The van der Waals surface area contributed by atoms with Crippen LogP contribution in [0.1, 0.15) is 23.6 Å². The van der Waals surface area contributed by atoms with Crippen LogP contribution in [0.25, 0.3) is 6.08 Å². The van der Waals surface area contributed by atoms with Gasteiger partial charge in [0.1, 0.15) is 19.0 Å². The first-order valence-corrected chi connectivity index (χ1v) is 12.0.